The Bertz CT molecular complexity index is 502. The van der Waals surface area contributed by atoms with E-state index in [1.54, 1.807) is 0 Å². The molecule has 0 aromatic carbocycles. The van der Waals surface area contributed by atoms with E-state index in [2.05, 4.69) is 48.6 Å². The molecule has 3 fully saturated rings. The van der Waals surface area contributed by atoms with Crippen molar-refractivity contribution in [3.05, 3.63) is 48.6 Å². The summed E-state index contributed by atoms with van der Waals surface area (Å²) < 4.78 is 2.45. The van der Waals surface area contributed by atoms with E-state index in [9.17, 15) is 0 Å². The van der Waals surface area contributed by atoms with Crippen LogP contribution in [-0.4, -0.2) is 0 Å². The monoisotopic (exact) mass is 424 g/mol. The van der Waals surface area contributed by atoms with Crippen LogP contribution >= 0.6 is 0 Å². The molecule has 2 saturated carbocycles. The zero-order chi connectivity index (χ0) is 13.8. The van der Waals surface area contributed by atoms with Gasteiger partial charge in [0.15, 0.2) is 0 Å². The van der Waals surface area contributed by atoms with E-state index < -0.39 is 0 Å². The number of allylic oxidation sites excluding steroid dienone is 8. The van der Waals surface area contributed by atoms with Crippen LogP contribution in [-0.2, 0) is 23.2 Å². The molecule has 4 aliphatic carbocycles. The Morgan fingerprint density at radius 1 is 0.565 bits per heavy atom. The molecule has 5 aliphatic rings. The first-order valence-corrected chi connectivity index (χ1v) is 11.7. The van der Waals surface area contributed by atoms with Crippen molar-refractivity contribution in [3.63, 3.8) is 0 Å². The van der Waals surface area contributed by atoms with Gasteiger partial charge in [0.1, 0.15) is 0 Å². The van der Waals surface area contributed by atoms with Crippen molar-refractivity contribution in [3.8, 4) is 0 Å². The molecular formula is C20H24Cl2Zr. The van der Waals surface area contributed by atoms with Gasteiger partial charge in [-0.3, -0.25) is 0 Å². The van der Waals surface area contributed by atoms with Gasteiger partial charge in [0.2, 0.25) is 0 Å². The molecule has 5 rings (SSSR count). The fourth-order valence-corrected chi connectivity index (χ4v) is 10.9. The molecule has 122 valence electrons. The molecule has 0 aromatic heterocycles. The van der Waals surface area contributed by atoms with Crippen LogP contribution in [0.4, 0.5) is 0 Å². The maximum atomic E-state index is 2.55. The summed E-state index contributed by atoms with van der Waals surface area (Å²) in [4.78, 5) is 0. The zero-order valence-electron chi connectivity index (χ0n) is 13.3. The Labute approximate surface area is 164 Å². The van der Waals surface area contributed by atoms with Crippen LogP contribution in [0.3, 0.4) is 0 Å². The molecule has 0 bridgehead atoms. The fraction of sp³-hybridized carbons (Fsp3) is 0.600. The topological polar surface area (TPSA) is 0 Å². The fourth-order valence-electron chi connectivity index (χ4n) is 5.78. The molecule has 1 aliphatic heterocycles. The van der Waals surface area contributed by atoms with Crippen LogP contribution in [0.5, 0.6) is 0 Å². The Balaban J connectivity index is 0.000000781. The first-order valence-electron chi connectivity index (χ1n) is 8.88. The van der Waals surface area contributed by atoms with Crippen LogP contribution < -0.4 is 24.8 Å². The minimum atomic E-state index is -0.0690. The summed E-state index contributed by atoms with van der Waals surface area (Å²) in [6.07, 6.45) is 25.3. The minimum absolute atomic E-state index is 0. The molecule has 23 heavy (non-hydrogen) atoms. The third kappa shape index (κ3) is 3.16. The van der Waals surface area contributed by atoms with Gasteiger partial charge in [-0.1, -0.05) is 0 Å². The normalized spacial score (nSPS) is 47.7. The Morgan fingerprint density at radius 3 is 1.48 bits per heavy atom. The average molecular weight is 427 g/mol. The van der Waals surface area contributed by atoms with E-state index in [1.165, 1.54) is 32.9 Å². The van der Waals surface area contributed by atoms with Crippen molar-refractivity contribution in [1.82, 2.24) is 0 Å². The first-order chi connectivity index (χ1) is 10.4. The van der Waals surface area contributed by atoms with Gasteiger partial charge in [0, 0.05) is 0 Å². The number of fused-ring (bicyclic) bond motifs is 2. The Hall–Kier alpha value is 0.423. The van der Waals surface area contributed by atoms with Crippen molar-refractivity contribution >= 4 is 0 Å². The van der Waals surface area contributed by atoms with E-state index in [0.717, 1.165) is 35.5 Å². The van der Waals surface area contributed by atoms with Gasteiger partial charge in [-0.25, -0.2) is 0 Å². The third-order valence-corrected chi connectivity index (χ3v) is 11.7. The van der Waals surface area contributed by atoms with Gasteiger partial charge in [-0.05, 0) is 0 Å². The van der Waals surface area contributed by atoms with Gasteiger partial charge in [-0.2, -0.15) is 0 Å². The maximum Gasteiger partial charge on any atom is -1.00 e. The second-order valence-electron chi connectivity index (χ2n) is 7.72. The molecule has 1 heterocycles. The van der Waals surface area contributed by atoms with Crippen LogP contribution in [0.1, 0.15) is 25.7 Å². The third-order valence-electron chi connectivity index (χ3n) is 6.83. The Morgan fingerprint density at radius 2 is 1.00 bits per heavy atom. The number of hydrogen-bond acceptors (Lipinski definition) is 0. The van der Waals surface area contributed by atoms with Crippen molar-refractivity contribution in [1.29, 1.82) is 0 Å². The van der Waals surface area contributed by atoms with Crippen LogP contribution in [0.25, 0.3) is 0 Å². The molecule has 0 radical (unpaired) electrons. The molecule has 8 unspecified atom stereocenters. The molecule has 1 saturated heterocycles. The minimum Gasteiger partial charge on any atom is -1.00 e. The second-order valence-corrected chi connectivity index (χ2v) is 11.8. The van der Waals surface area contributed by atoms with Crippen molar-refractivity contribution in [2.24, 2.45) is 35.5 Å². The summed E-state index contributed by atoms with van der Waals surface area (Å²) >= 11 is -0.0690. The van der Waals surface area contributed by atoms with E-state index in [0.29, 0.717) is 0 Å². The molecule has 0 N–H and O–H groups in total. The van der Waals surface area contributed by atoms with Gasteiger partial charge >= 0.3 is 140 Å². The summed E-state index contributed by atoms with van der Waals surface area (Å²) in [6, 6.07) is 0. The van der Waals surface area contributed by atoms with E-state index in [1.807, 2.05) is 0 Å². The molecule has 0 aromatic rings. The number of halogens is 2. The summed E-state index contributed by atoms with van der Waals surface area (Å²) in [5.41, 5.74) is 0. The molecule has 8 atom stereocenters. The summed E-state index contributed by atoms with van der Waals surface area (Å²) in [6.45, 7) is 0. The number of hydrogen-bond donors (Lipinski definition) is 0. The SMILES string of the molecule is C1=CC2CCC([CH]3[Zr+2][CH]3C3CCC4C=CC=CC43)C2C=C1.[Cl-].[Cl-]. The van der Waals surface area contributed by atoms with Gasteiger partial charge < -0.3 is 24.8 Å². The molecule has 3 heteroatoms. The smallest absolute Gasteiger partial charge is 1.00 e. The number of rotatable bonds is 2. The predicted molar refractivity (Wildman–Crippen MR) is 83.5 cm³/mol. The quantitative estimate of drug-likeness (QED) is 0.543. The standard InChI is InChI=1S/C20H24.2ClH.Zr/c1-3-7-19-15(5-1)9-11-17(19)13-14-18-12-10-16-6-2-4-8-20(16)18;;;/h1-8,13-20H,9-12H2;2*1H;/q;;;+2/p-2. The summed E-state index contributed by atoms with van der Waals surface area (Å²) in [7, 11) is 0. The first kappa shape index (κ1) is 18.2. The van der Waals surface area contributed by atoms with Crippen LogP contribution in [0.2, 0.25) is 7.25 Å². The largest absolute Gasteiger partial charge is 1.00 e. The van der Waals surface area contributed by atoms with Crippen molar-refractivity contribution in [2.45, 2.75) is 32.9 Å². The maximum absolute atomic E-state index is 2.55. The Kier molecular flexibility index (Phi) is 5.82. The molecular weight excluding hydrogens is 402 g/mol. The van der Waals surface area contributed by atoms with Gasteiger partial charge in [0.25, 0.3) is 0 Å². The second kappa shape index (κ2) is 7.35. The van der Waals surface area contributed by atoms with Crippen molar-refractivity contribution < 1.29 is 48.0 Å². The van der Waals surface area contributed by atoms with E-state index in [-0.39, 0.29) is 48.0 Å². The van der Waals surface area contributed by atoms with E-state index >= 15 is 0 Å². The van der Waals surface area contributed by atoms with Crippen LogP contribution in [0, 0.1) is 35.5 Å². The zero-order valence-corrected chi connectivity index (χ0v) is 17.3. The van der Waals surface area contributed by atoms with E-state index in [4.69, 9.17) is 0 Å². The average Bonchev–Trinajstić information content (AvgIpc) is 3.02. The molecule has 0 spiro atoms. The summed E-state index contributed by atoms with van der Waals surface area (Å²) in [5, 5.41) is 0. The van der Waals surface area contributed by atoms with Gasteiger partial charge in [0.05, 0.1) is 0 Å². The summed E-state index contributed by atoms with van der Waals surface area (Å²) in [5.74, 6) is 5.80. The molecule has 0 nitrogen and oxygen atoms in total. The predicted octanol–water partition coefficient (Wildman–Crippen LogP) is -0.796. The van der Waals surface area contributed by atoms with Gasteiger partial charge in [-0.15, -0.1) is 0 Å². The van der Waals surface area contributed by atoms with Crippen LogP contribution in [0.15, 0.2) is 48.6 Å². The van der Waals surface area contributed by atoms with Crippen molar-refractivity contribution in [2.75, 3.05) is 0 Å². The molecule has 0 amide bonds.